The van der Waals surface area contributed by atoms with Crippen molar-refractivity contribution < 1.29 is 9.90 Å². The summed E-state index contributed by atoms with van der Waals surface area (Å²) in [5, 5.41) is 8.75. The van der Waals surface area contributed by atoms with Crippen molar-refractivity contribution in [2.45, 2.75) is 31.6 Å². The molecule has 0 amide bonds. The Morgan fingerprint density at radius 2 is 2.53 bits per heavy atom. The Morgan fingerprint density at radius 1 is 1.76 bits per heavy atom. The first kappa shape index (κ1) is 12.1. The highest BCUT2D eigenvalue weighted by atomic mass is 16.4. The van der Waals surface area contributed by atoms with Crippen molar-refractivity contribution in [1.29, 1.82) is 0 Å². The summed E-state index contributed by atoms with van der Waals surface area (Å²) < 4.78 is 0. The number of aromatic nitrogens is 2. The summed E-state index contributed by atoms with van der Waals surface area (Å²) in [5.41, 5.74) is 1.14. The molecule has 2 rings (SSSR count). The number of H-pyrrole nitrogens is 1. The Bertz CT molecular complexity index is 402. The smallest absolute Gasteiger partial charge is 0.304 e. The second-order valence-corrected chi connectivity index (χ2v) is 4.97. The van der Waals surface area contributed by atoms with Gasteiger partial charge < -0.3 is 15.0 Å². The van der Waals surface area contributed by atoms with E-state index in [0.29, 0.717) is 5.92 Å². The van der Waals surface area contributed by atoms with Gasteiger partial charge >= 0.3 is 5.97 Å². The number of hydrogen-bond donors (Lipinski definition) is 2. The van der Waals surface area contributed by atoms with E-state index in [1.54, 1.807) is 0 Å². The summed E-state index contributed by atoms with van der Waals surface area (Å²) >= 11 is 0. The van der Waals surface area contributed by atoms with E-state index in [2.05, 4.69) is 21.9 Å². The second-order valence-electron chi connectivity index (χ2n) is 4.97. The molecule has 1 aromatic rings. The van der Waals surface area contributed by atoms with Crippen molar-refractivity contribution in [2.75, 3.05) is 20.1 Å². The van der Waals surface area contributed by atoms with Crippen molar-refractivity contribution in [3.8, 4) is 0 Å². The van der Waals surface area contributed by atoms with Gasteiger partial charge in [0.2, 0.25) is 0 Å². The average Bonchev–Trinajstić information content (AvgIpc) is 2.84. The Morgan fingerprint density at radius 3 is 3.12 bits per heavy atom. The standard InChI is InChI=1S/C12H19N3O2/c1-8(5-11(16)17)12-13-6-10(14-12)9-3-4-15(2)7-9/h6,8-9H,3-5,7H2,1-2H3,(H,13,14)(H,16,17). The van der Waals surface area contributed by atoms with Crippen LogP contribution in [0.4, 0.5) is 0 Å². The average molecular weight is 237 g/mol. The Balaban J connectivity index is 2.02. The van der Waals surface area contributed by atoms with Crippen molar-refractivity contribution in [2.24, 2.45) is 0 Å². The van der Waals surface area contributed by atoms with E-state index in [0.717, 1.165) is 31.0 Å². The quantitative estimate of drug-likeness (QED) is 0.830. The first-order valence-electron chi connectivity index (χ1n) is 6.01. The van der Waals surface area contributed by atoms with Crippen LogP contribution in [-0.4, -0.2) is 46.1 Å². The van der Waals surface area contributed by atoms with E-state index in [-0.39, 0.29) is 12.3 Å². The molecule has 1 aliphatic heterocycles. The molecule has 0 bridgehead atoms. The number of aliphatic carboxylic acids is 1. The molecule has 0 saturated carbocycles. The monoisotopic (exact) mass is 237 g/mol. The summed E-state index contributed by atoms with van der Waals surface area (Å²) in [6.45, 7) is 4.05. The predicted molar refractivity (Wildman–Crippen MR) is 64.1 cm³/mol. The lowest BCUT2D eigenvalue weighted by atomic mass is 10.1. The van der Waals surface area contributed by atoms with Crippen LogP contribution in [0.3, 0.4) is 0 Å². The zero-order valence-corrected chi connectivity index (χ0v) is 10.3. The lowest BCUT2D eigenvalue weighted by Crippen LogP contribution is -2.13. The predicted octanol–water partition coefficient (Wildman–Crippen LogP) is 1.41. The SMILES string of the molecule is CC(CC(=O)O)c1ncc(C2CCN(C)C2)[nH]1. The topological polar surface area (TPSA) is 69.2 Å². The first-order valence-corrected chi connectivity index (χ1v) is 6.01. The molecule has 17 heavy (non-hydrogen) atoms. The van der Waals surface area contributed by atoms with Crippen LogP contribution in [0.2, 0.25) is 0 Å². The summed E-state index contributed by atoms with van der Waals surface area (Å²) in [6, 6.07) is 0. The third-order valence-electron chi connectivity index (χ3n) is 3.39. The van der Waals surface area contributed by atoms with Gasteiger partial charge in [-0.05, 0) is 20.0 Å². The van der Waals surface area contributed by atoms with E-state index in [4.69, 9.17) is 5.11 Å². The minimum Gasteiger partial charge on any atom is -0.481 e. The van der Waals surface area contributed by atoms with Gasteiger partial charge in [-0.25, -0.2) is 4.98 Å². The van der Waals surface area contributed by atoms with Gasteiger partial charge in [0.25, 0.3) is 0 Å². The molecular formula is C12H19N3O2. The molecule has 5 nitrogen and oxygen atoms in total. The number of likely N-dealkylation sites (tertiary alicyclic amines) is 1. The Kier molecular flexibility index (Phi) is 3.47. The molecule has 5 heteroatoms. The third-order valence-corrected chi connectivity index (χ3v) is 3.39. The maximum absolute atomic E-state index is 10.6. The fraction of sp³-hybridized carbons (Fsp3) is 0.667. The number of aromatic amines is 1. The molecular weight excluding hydrogens is 218 g/mol. The largest absolute Gasteiger partial charge is 0.481 e. The molecule has 0 spiro atoms. The molecule has 2 unspecified atom stereocenters. The van der Waals surface area contributed by atoms with Crippen LogP contribution in [0.1, 0.15) is 43.1 Å². The zero-order chi connectivity index (χ0) is 12.4. The molecule has 1 aliphatic rings. The van der Waals surface area contributed by atoms with Gasteiger partial charge in [0.1, 0.15) is 5.82 Å². The van der Waals surface area contributed by atoms with Gasteiger partial charge in [-0.15, -0.1) is 0 Å². The number of nitrogens with one attached hydrogen (secondary N) is 1. The van der Waals surface area contributed by atoms with Crippen molar-refractivity contribution >= 4 is 5.97 Å². The van der Waals surface area contributed by atoms with E-state index >= 15 is 0 Å². The van der Waals surface area contributed by atoms with Crippen molar-refractivity contribution in [1.82, 2.24) is 14.9 Å². The van der Waals surface area contributed by atoms with Gasteiger partial charge in [-0.1, -0.05) is 6.92 Å². The van der Waals surface area contributed by atoms with E-state index in [9.17, 15) is 4.79 Å². The summed E-state index contributed by atoms with van der Waals surface area (Å²) in [7, 11) is 2.12. The van der Waals surface area contributed by atoms with Crippen molar-refractivity contribution in [3.05, 3.63) is 17.7 Å². The van der Waals surface area contributed by atoms with Gasteiger partial charge in [0.05, 0.1) is 6.42 Å². The first-order chi connectivity index (χ1) is 8.06. The molecule has 1 aromatic heterocycles. The summed E-state index contributed by atoms with van der Waals surface area (Å²) in [5.74, 6) is 0.465. The van der Waals surface area contributed by atoms with Crippen LogP contribution in [-0.2, 0) is 4.79 Å². The third kappa shape index (κ3) is 2.85. The minimum absolute atomic E-state index is 0.0552. The van der Waals surface area contributed by atoms with Gasteiger partial charge in [0, 0.05) is 30.3 Å². The lowest BCUT2D eigenvalue weighted by molar-refractivity contribution is -0.137. The number of carboxylic acids is 1. The number of nitrogens with zero attached hydrogens (tertiary/aromatic N) is 2. The van der Waals surface area contributed by atoms with Crippen molar-refractivity contribution in [3.63, 3.8) is 0 Å². The molecule has 2 N–H and O–H groups in total. The number of likely N-dealkylation sites (N-methyl/N-ethyl adjacent to an activating group) is 1. The zero-order valence-electron chi connectivity index (χ0n) is 10.3. The van der Waals surface area contributed by atoms with Crippen LogP contribution >= 0.6 is 0 Å². The summed E-state index contributed by atoms with van der Waals surface area (Å²) in [4.78, 5) is 20.5. The second kappa shape index (κ2) is 4.87. The van der Waals surface area contributed by atoms with Crippen LogP contribution < -0.4 is 0 Å². The minimum atomic E-state index is -0.781. The highest BCUT2D eigenvalue weighted by molar-refractivity contribution is 5.67. The fourth-order valence-electron chi connectivity index (χ4n) is 2.36. The van der Waals surface area contributed by atoms with Gasteiger partial charge in [-0.3, -0.25) is 4.79 Å². The molecule has 0 aromatic carbocycles. The molecule has 94 valence electrons. The number of hydrogen-bond acceptors (Lipinski definition) is 3. The van der Waals surface area contributed by atoms with E-state index < -0.39 is 5.97 Å². The molecule has 2 heterocycles. The van der Waals surface area contributed by atoms with E-state index in [1.807, 2.05) is 13.1 Å². The van der Waals surface area contributed by atoms with Crippen LogP contribution in [0.15, 0.2) is 6.20 Å². The highest BCUT2D eigenvalue weighted by Crippen LogP contribution is 2.26. The number of rotatable bonds is 4. The summed E-state index contributed by atoms with van der Waals surface area (Å²) in [6.07, 6.45) is 3.13. The normalized spacial score (nSPS) is 22.8. The number of imidazole rings is 1. The molecule has 0 radical (unpaired) electrons. The Hall–Kier alpha value is -1.36. The maximum atomic E-state index is 10.6. The van der Waals surface area contributed by atoms with Crippen LogP contribution in [0.5, 0.6) is 0 Å². The van der Waals surface area contributed by atoms with Gasteiger partial charge in [-0.2, -0.15) is 0 Å². The van der Waals surface area contributed by atoms with Crippen LogP contribution in [0, 0.1) is 0 Å². The molecule has 1 saturated heterocycles. The highest BCUT2D eigenvalue weighted by Gasteiger charge is 2.23. The maximum Gasteiger partial charge on any atom is 0.304 e. The molecule has 2 atom stereocenters. The molecule has 1 fully saturated rings. The Labute approximate surface area is 101 Å². The van der Waals surface area contributed by atoms with Crippen LogP contribution in [0.25, 0.3) is 0 Å². The van der Waals surface area contributed by atoms with Gasteiger partial charge in [0.15, 0.2) is 0 Å². The van der Waals surface area contributed by atoms with E-state index in [1.165, 1.54) is 0 Å². The number of carbonyl (C=O) groups is 1. The number of carboxylic acid groups (broad SMARTS) is 1. The molecule has 0 aliphatic carbocycles. The fourth-order valence-corrected chi connectivity index (χ4v) is 2.36. The lowest BCUT2D eigenvalue weighted by Gasteiger charge is -2.08.